The van der Waals surface area contributed by atoms with E-state index in [4.69, 9.17) is 9.84 Å². The number of hydrogen-bond acceptors (Lipinski definition) is 4. The summed E-state index contributed by atoms with van der Waals surface area (Å²) in [5, 5.41) is 20.4. The summed E-state index contributed by atoms with van der Waals surface area (Å²) >= 11 is 0. The number of rotatable bonds is 8. The number of aliphatic hydroxyl groups is 1. The third-order valence-corrected chi connectivity index (χ3v) is 6.33. The van der Waals surface area contributed by atoms with Crippen molar-refractivity contribution >= 4 is 16.9 Å². The minimum absolute atomic E-state index is 0.0232. The van der Waals surface area contributed by atoms with Gasteiger partial charge in [0, 0.05) is 24.1 Å². The minimum Gasteiger partial charge on any atom is -0.481 e. The Balaban J connectivity index is 1.44. The molecule has 4 N–H and O–H groups in total. The molecule has 1 atom stereocenters. The van der Waals surface area contributed by atoms with Crippen LogP contribution < -0.4 is 4.74 Å². The van der Waals surface area contributed by atoms with Gasteiger partial charge in [0.1, 0.15) is 23.0 Å². The minimum atomic E-state index is -1.56. The SMILES string of the molecule is CC(O)(c1cccc(CCC(=O)O)c1)c1cnc(-c2cc(Oc3c(F)cc4[nH]ccc4c3F)ccc2F)[nH]1. The van der Waals surface area contributed by atoms with Gasteiger partial charge in [0.2, 0.25) is 0 Å². The van der Waals surface area contributed by atoms with E-state index in [1.807, 2.05) is 0 Å². The highest BCUT2D eigenvalue weighted by Crippen LogP contribution is 2.36. The normalized spacial score (nSPS) is 13.0. The van der Waals surface area contributed by atoms with Crippen LogP contribution in [0.25, 0.3) is 22.3 Å². The molecule has 38 heavy (non-hydrogen) atoms. The maximum atomic E-state index is 14.8. The molecule has 0 saturated heterocycles. The maximum Gasteiger partial charge on any atom is 0.303 e. The van der Waals surface area contributed by atoms with Crippen molar-refractivity contribution in [2.75, 3.05) is 0 Å². The Kier molecular flexibility index (Phi) is 6.41. The first-order valence-corrected chi connectivity index (χ1v) is 11.7. The molecule has 0 aliphatic carbocycles. The number of carbonyl (C=O) groups is 1. The average molecular weight is 521 g/mol. The maximum absolute atomic E-state index is 14.8. The fourth-order valence-electron chi connectivity index (χ4n) is 4.22. The molecular weight excluding hydrogens is 499 g/mol. The van der Waals surface area contributed by atoms with E-state index in [0.717, 1.165) is 17.7 Å². The standard InChI is InChI=1S/C28H22F3N3O4/c1-28(37,16-4-2-3-15(11-16)5-8-24(35)36)23-14-33-27(34-23)19-12-17(6-7-20(19)29)38-26-21(30)13-22-18(25(26)31)9-10-32-22/h2-4,6-7,9-14,32,37H,5,8H2,1H3,(H,33,34)(H,35,36). The summed E-state index contributed by atoms with van der Waals surface area (Å²) in [6, 6.07) is 13.0. The molecule has 0 radical (unpaired) electrons. The summed E-state index contributed by atoms with van der Waals surface area (Å²) in [5.74, 6) is -4.00. The van der Waals surface area contributed by atoms with Gasteiger partial charge in [-0.1, -0.05) is 24.3 Å². The molecule has 5 aromatic rings. The second-order valence-corrected chi connectivity index (χ2v) is 9.00. The number of aliphatic carboxylic acids is 1. The Bertz CT molecular complexity index is 1660. The summed E-state index contributed by atoms with van der Waals surface area (Å²) in [7, 11) is 0. The molecule has 2 aromatic heterocycles. The molecule has 5 rings (SSSR count). The van der Waals surface area contributed by atoms with Gasteiger partial charge in [-0.25, -0.2) is 18.2 Å². The summed E-state index contributed by atoms with van der Waals surface area (Å²) in [4.78, 5) is 20.7. The highest BCUT2D eigenvalue weighted by molar-refractivity contribution is 5.82. The smallest absolute Gasteiger partial charge is 0.303 e. The zero-order chi connectivity index (χ0) is 27.0. The van der Waals surface area contributed by atoms with Gasteiger partial charge in [0.15, 0.2) is 17.4 Å². The Morgan fingerprint density at radius 3 is 2.68 bits per heavy atom. The van der Waals surface area contributed by atoms with E-state index in [2.05, 4.69) is 15.0 Å². The number of nitrogens with zero attached hydrogens (tertiary/aromatic N) is 1. The molecule has 0 fully saturated rings. The van der Waals surface area contributed by atoms with Gasteiger partial charge < -0.3 is 24.9 Å². The van der Waals surface area contributed by atoms with E-state index in [1.54, 1.807) is 24.3 Å². The molecule has 1 unspecified atom stereocenters. The van der Waals surface area contributed by atoms with Crippen LogP contribution in [0.4, 0.5) is 13.2 Å². The Morgan fingerprint density at radius 2 is 1.89 bits per heavy atom. The van der Waals surface area contributed by atoms with Gasteiger partial charge in [-0.3, -0.25) is 4.79 Å². The average Bonchev–Trinajstić information content (AvgIpc) is 3.57. The lowest BCUT2D eigenvalue weighted by atomic mass is 9.91. The van der Waals surface area contributed by atoms with Crippen molar-refractivity contribution in [2.45, 2.75) is 25.4 Å². The molecule has 7 nitrogen and oxygen atoms in total. The molecular formula is C28H22F3N3O4. The molecule has 0 aliphatic heterocycles. The Morgan fingerprint density at radius 1 is 1.08 bits per heavy atom. The van der Waals surface area contributed by atoms with Crippen LogP contribution in [0.15, 0.2) is 67.0 Å². The van der Waals surface area contributed by atoms with Gasteiger partial charge in [-0.2, -0.15) is 0 Å². The van der Waals surface area contributed by atoms with Gasteiger partial charge >= 0.3 is 5.97 Å². The van der Waals surface area contributed by atoms with E-state index in [9.17, 15) is 23.1 Å². The van der Waals surface area contributed by atoms with E-state index < -0.39 is 34.8 Å². The number of carboxylic acid groups (broad SMARTS) is 1. The lowest BCUT2D eigenvalue weighted by molar-refractivity contribution is -0.136. The highest BCUT2D eigenvalue weighted by Gasteiger charge is 2.29. The fourth-order valence-corrected chi connectivity index (χ4v) is 4.22. The summed E-state index contributed by atoms with van der Waals surface area (Å²) < 4.78 is 49.6. The fraction of sp³-hybridized carbons (Fsp3) is 0.143. The molecule has 0 amide bonds. The molecule has 0 aliphatic rings. The van der Waals surface area contributed by atoms with Gasteiger partial charge in [-0.05, 0) is 48.7 Å². The number of carboxylic acids is 1. The van der Waals surface area contributed by atoms with E-state index in [0.29, 0.717) is 12.0 Å². The van der Waals surface area contributed by atoms with Crippen LogP contribution in [0.1, 0.15) is 30.2 Å². The monoisotopic (exact) mass is 521 g/mol. The number of imidazole rings is 1. The van der Waals surface area contributed by atoms with Crippen LogP contribution in [0.5, 0.6) is 11.5 Å². The van der Waals surface area contributed by atoms with Gasteiger partial charge in [0.25, 0.3) is 0 Å². The molecule has 0 bridgehead atoms. The summed E-state index contributed by atoms with van der Waals surface area (Å²) in [5.41, 5.74) is 0.145. The number of aromatic nitrogens is 3. The van der Waals surface area contributed by atoms with Crippen LogP contribution in [0.3, 0.4) is 0 Å². The molecule has 194 valence electrons. The summed E-state index contributed by atoms with van der Waals surface area (Å²) in [6.07, 6.45) is 3.07. The number of fused-ring (bicyclic) bond motifs is 1. The quantitative estimate of drug-likeness (QED) is 0.199. The number of aromatic amines is 2. The molecule has 0 saturated carbocycles. The van der Waals surface area contributed by atoms with Crippen molar-refractivity contribution in [1.29, 1.82) is 0 Å². The second-order valence-electron chi connectivity index (χ2n) is 9.00. The lowest BCUT2D eigenvalue weighted by Gasteiger charge is -2.23. The van der Waals surface area contributed by atoms with Crippen LogP contribution in [0.2, 0.25) is 0 Å². The van der Waals surface area contributed by atoms with Gasteiger partial charge in [-0.15, -0.1) is 0 Å². The number of benzene rings is 3. The molecule has 2 heterocycles. The first-order valence-electron chi connectivity index (χ1n) is 11.7. The van der Waals surface area contributed by atoms with Crippen LogP contribution >= 0.6 is 0 Å². The molecule has 0 spiro atoms. The first kappa shape index (κ1) is 25.1. The van der Waals surface area contributed by atoms with E-state index in [-0.39, 0.29) is 40.2 Å². The van der Waals surface area contributed by atoms with Crippen LogP contribution in [0, 0.1) is 17.5 Å². The number of aryl methyl sites for hydroxylation is 1. The van der Waals surface area contributed by atoms with Crippen molar-refractivity contribution in [3.05, 3.63) is 101 Å². The van der Waals surface area contributed by atoms with Crippen LogP contribution in [-0.4, -0.2) is 31.1 Å². The predicted molar refractivity (Wildman–Crippen MR) is 133 cm³/mol. The number of halogens is 3. The van der Waals surface area contributed by atoms with Crippen molar-refractivity contribution in [3.8, 4) is 22.9 Å². The number of nitrogens with one attached hydrogen (secondary N) is 2. The lowest BCUT2D eigenvalue weighted by Crippen LogP contribution is -2.23. The van der Waals surface area contributed by atoms with Crippen LogP contribution in [-0.2, 0) is 16.8 Å². The van der Waals surface area contributed by atoms with E-state index in [1.165, 1.54) is 37.5 Å². The Labute approximate surface area is 214 Å². The topological polar surface area (TPSA) is 111 Å². The highest BCUT2D eigenvalue weighted by atomic mass is 19.1. The van der Waals surface area contributed by atoms with Crippen molar-refractivity contribution in [2.24, 2.45) is 0 Å². The van der Waals surface area contributed by atoms with Crippen molar-refractivity contribution in [3.63, 3.8) is 0 Å². The third-order valence-electron chi connectivity index (χ3n) is 6.33. The second kappa shape index (κ2) is 9.71. The predicted octanol–water partition coefficient (Wildman–Crippen LogP) is 6.04. The van der Waals surface area contributed by atoms with E-state index >= 15 is 0 Å². The zero-order valence-corrected chi connectivity index (χ0v) is 20.1. The zero-order valence-electron chi connectivity index (χ0n) is 20.1. The molecule has 3 aromatic carbocycles. The van der Waals surface area contributed by atoms with Crippen molar-refractivity contribution in [1.82, 2.24) is 15.0 Å². The van der Waals surface area contributed by atoms with Gasteiger partial charge in [0.05, 0.1) is 23.0 Å². The number of hydrogen-bond donors (Lipinski definition) is 4. The first-order chi connectivity index (χ1) is 18.1. The third kappa shape index (κ3) is 4.73. The number of H-pyrrole nitrogens is 2. The summed E-state index contributed by atoms with van der Waals surface area (Å²) in [6.45, 7) is 1.53. The molecule has 10 heteroatoms. The largest absolute Gasteiger partial charge is 0.481 e. The Hall–Kier alpha value is -4.57. The van der Waals surface area contributed by atoms with Crippen molar-refractivity contribution < 1.29 is 32.9 Å². The number of ether oxygens (including phenoxy) is 1.